The third kappa shape index (κ3) is 5.06. The van der Waals surface area contributed by atoms with Crippen molar-refractivity contribution >= 4 is 34.8 Å². The highest BCUT2D eigenvalue weighted by atomic mass is 35.5. The first-order chi connectivity index (χ1) is 14.1. The lowest BCUT2D eigenvalue weighted by Gasteiger charge is -2.39. The first-order valence-corrected chi connectivity index (χ1v) is 11.1. The number of hydrogen-bond donors (Lipinski definition) is 0. The molecule has 6 heteroatoms. The highest BCUT2D eigenvalue weighted by Gasteiger charge is 2.30. The summed E-state index contributed by atoms with van der Waals surface area (Å²) in [5.74, 6) is 0.483. The van der Waals surface area contributed by atoms with Crippen LogP contribution in [0.5, 0.6) is 0 Å². The molecule has 29 heavy (non-hydrogen) atoms. The monoisotopic (exact) mass is 431 g/mol. The zero-order valence-electron chi connectivity index (χ0n) is 16.6. The van der Waals surface area contributed by atoms with Gasteiger partial charge in [0.15, 0.2) is 0 Å². The number of hydrogen-bond acceptors (Lipinski definition) is 3. The molecule has 0 aromatic heterocycles. The highest BCUT2D eigenvalue weighted by Crippen LogP contribution is 2.26. The fraction of sp³-hybridized carbons (Fsp3) is 0.435. The molecular weight excluding hydrogens is 405 g/mol. The summed E-state index contributed by atoms with van der Waals surface area (Å²) < 4.78 is 0. The van der Waals surface area contributed by atoms with Gasteiger partial charge in [-0.3, -0.25) is 9.69 Å². The Balaban J connectivity index is 1.25. The van der Waals surface area contributed by atoms with Crippen LogP contribution in [0.25, 0.3) is 0 Å². The Morgan fingerprint density at radius 2 is 1.59 bits per heavy atom. The van der Waals surface area contributed by atoms with E-state index in [-0.39, 0.29) is 5.92 Å². The number of halogens is 2. The van der Waals surface area contributed by atoms with Crippen LogP contribution in [0.2, 0.25) is 10.0 Å². The molecule has 2 aliphatic rings. The number of rotatable bonds is 4. The van der Waals surface area contributed by atoms with Gasteiger partial charge in [0.25, 0.3) is 0 Å². The highest BCUT2D eigenvalue weighted by molar-refractivity contribution is 6.35. The van der Waals surface area contributed by atoms with E-state index in [4.69, 9.17) is 23.2 Å². The second kappa shape index (κ2) is 9.38. The molecule has 0 spiro atoms. The number of para-hydroxylation sites is 1. The fourth-order valence-electron chi connectivity index (χ4n) is 4.31. The average Bonchev–Trinajstić information content (AvgIpc) is 2.76. The predicted molar refractivity (Wildman–Crippen MR) is 120 cm³/mol. The molecule has 2 aliphatic heterocycles. The van der Waals surface area contributed by atoms with E-state index in [0.29, 0.717) is 16.0 Å². The van der Waals surface area contributed by atoms with Gasteiger partial charge in [0, 0.05) is 54.4 Å². The molecule has 0 unspecified atom stereocenters. The summed E-state index contributed by atoms with van der Waals surface area (Å²) in [6.07, 6.45) is 1.84. The molecule has 4 nitrogen and oxygen atoms in total. The first kappa shape index (κ1) is 20.5. The Kier molecular flexibility index (Phi) is 6.63. The van der Waals surface area contributed by atoms with Crippen molar-refractivity contribution in [1.82, 2.24) is 9.80 Å². The van der Waals surface area contributed by atoms with Crippen molar-refractivity contribution in [3.8, 4) is 0 Å². The van der Waals surface area contributed by atoms with E-state index in [2.05, 4.69) is 39.0 Å². The van der Waals surface area contributed by atoms with Crippen molar-refractivity contribution in [3.05, 3.63) is 64.1 Å². The number of benzene rings is 2. The molecule has 2 saturated heterocycles. The third-order valence-electron chi connectivity index (χ3n) is 6.06. The van der Waals surface area contributed by atoms with Gasteiger partial charge in [0.2, 0.25) is 5.91 Å². The van der Waals surface area contributed by atoms with Crippen molar-refractivity contribution < 1.29 is 4.79 Å². The summed E-state index contributed by atoms with van der Waals surface area (Å²) >= 11 is 12.3. The van der Waals surface area contributed by atoms with Crippen molar-refractivity contribution in [2.24, 2.45) is 5.92 Å². The summed E-state index contributed by atoms with van der Waals surface area (Å²) in [6.45, 7) is 6.11. The quantitative estimate of drug-likeness (QED) is 0.709. The fourth-order valence-corrected chi connectivity index (χ4v) is 4.78. The Labute approximate surface area is 183 Å². The minimum Gasteiger partial charge on any atom is -0.368 e. The van der Waals surface area contributed by atoms with Crippen LogP contribution in [0.3, 0.4) is 0 Å². The Morgan fingerprint density at radius 3 is 2.24 bits per heavy atom. The van der Waals surface area contributed by atoms with Crippen molar-refractivity contribution in [2.75, 3.05) is 44.2 Å². The summed E-state index contributed by atoms with van der Waals surface area (Å²) in [7, 11) is 0. The van der Waals surface area contributed by atoms with E-state index in [1.165, 1.54) is 5.69 Å². The maximum absolute atomic E-state index is 13.0. The Morgan fingerprint density at radius 1 is 0.897 bits per heavy atom. The molecule has 0 aliphatic carbocycles. The molecule has 1 amide bonds. The summed E-state index contributed by atoms with van der Waals surface area (Å²) in [5.41, 5.74) is 2.34. The SMILES string of the molecule is O=C(C1CCN(Cc2ccc(Cl)cc2Cl)CC1)N1CCN(c2ccccc2)CC1. The normalized spacial score (nSPS) is 18.8. The molecule has 2 fully saturated rings. The zero-order valence-corrected chi connectivity index (χ0v) is 18.1. The van der Waals surface area contributed by atoms with E-state index >= 15 is 0 Å². The Hall–Kier alpha value is -1.75. The maximum atomic E-state index is 13.0. The number of carbonyl (C=O) groups is 1. The van der Waals surface area contributed by atoms with Gasteiger partial charge in [-0.1, -0.05) is 47.5 Å². The van der Waals surface area contributed by atoms with Crippen molar-refractivity contribution in [3.63, 3.8) is 0 Å². The van der Waals surface area contributed by atoms with Crippen LogP contribution in [0.1, 0.15) is 18.4 Å². The largest absolute Gasteiger partial charge is 0.368 e. The smallest absolute Gasteiger partial charge is 0.225 e. The van der Waals surface area contributed by atoms with Crippen LogP contribution >= 0.6 is 23.2 Å². The molecule has 2 aromatic rings. The number of nitrogens with zero attached hydrogens (tertiary/aromatic N) is 3. The van der Waals surface area contributed by atoms with E-state index < -0.39 is 0 Å². The molecule has 4 rings (SSSR count). The van der Waals surface area contributed by atoms with Gasteiger partial charge in [-0.05, 0) is 55.8 Å². The van der Waals surface area contributed by atoms with Crippen molar-refractivity contribution in [1.29, 1.82) is 0 Å². The topological polar surface area (TPSA) is 26.8 Å². The second-order valence-electron chi connectivity index (χ2n) is 7.93. The van der Waals surface area contributed by atoms with Crippen LogP contribution in [0, 0.1) is 5.92 Å². The van der Waals surface area contributed by atoms with E-state index in [1.807, 2.05) is 18.2 Å². The number of anilines is 1. The molecule has 0 saturated carbocycles. The van der Waals surface area contributed by atoms with Crippen LogP contribution < -0.4 is 4.90 Å². The number of amides is 1. The van der Waals surface area contributed by atoms with Crippen LogP contribution in [-0.2, 0) is 11.3 Å². The van der Waals surface area contributed by atoms with Gasteiger partial charge < -0.3 is 9.80 Å². The van der Waals surface area contributed by atoms with Crippen LogP contribution in [0.15, 0.2) is 48.5 Å². The lowest BCUT2D eigenvalue weighted by molar-refractivity contribution is -0.137. The first-order valence-electron chi connectivity index (χ1n) is 10.4. The van der Waals surface area contributed by atoms with Gasteiger partial charge in [0.05, 0.1) is 0 Å². The number of carbonyl (C=O) groups excluding carboxylic acids is 1. The van der Waals surface area contributed by atoms with Gasteiger partial charge in [-0.15, -0.1) is 0 Å². The van der Waals surface area contributed by atoms with Gasteiger partial charge in [0.1, 0.15) is 0 Å². The van der Waals surface area contributed by atoms with Crippen molar-refractivity contribution in [2.45, 2.75) is 19.4 Å². The number of likely N-dealkylation sites (tertiary alicyclic amines) is 1. The lowest BCUT2D eigenvalue weighted by atomic mass is 9.94. The molecule has 154 valence electrons. The standard InChI is InChI=1S/C23H27Cl2N3O/c24-20-7-6-19(22(25)16-20)17-26-10-8-18(9-11-26)23(29)28-14-12-27(13-15-28)21-4-2-1-3-5-21/h1-7,16,18H,8-15,17H2. The molecule has 2 heterocycles. The number of piperidine rings is 1. The molecule has 2 aromatic carbocycles. The van der Waals surface area contributed by atoms with Crippen LogP contribution in [0.4, 0.5) is 5.69 Å². The third-order valence-corrected chi connectivity index (χ3v) is 6.65. The molecule has 0 N–H and O–H groups in total. The van der Waals surface area contributed by atoms with Gasteiger partial charge >= 0.3 is 0 Å². The average molecular weight is 432 g/mol. The van der Waals surface area contributed by atoms with E-state index in [0.717, 1.165) is 64.2 Å². The van der Waals surface area contributed by atoms with Crippen LogP contribution in [-0.4, -0.2) is 55.0 Å². The van der Waals surface area contributed by atoms with Gasteiger partial charge in [-0.25, -0.2) is 0 Å². The Bertz CT molecular complexity index is 829. The molecule has 0 atom stereocenters. The maximum Gasteiger partial charge on any atom is 0.225 e. The molecule has 0 radical (unpaired) electrons. The zero-order chi connectivity index (χ0) is 20.2. The van der Waals surface area contributed by atoms with E-state index in [1.54, 1.807) is 6.07 Å². The molecule has 0 bridgehead atoms. The second-order valence-corrected chi connectivity index (χ2v) is 8.78. The lowest BCUT2D eigenvalue weighted by Crippen LogP contribution is -2.51. The minimum atomic E-state index is 0.148. The van der Waals surface area contributed by atoms with Gasteiger partial charge in [-0.2, -0.15) is 0 Å². The molecular formula is C23H27Cl2N3O. The minimum absolute atomic E-state index is 0.148. The predicted octanol–water partition coefficient (Wildman–Crippen LogP) is 4.55. The summed E-state index contributed by atoms with van der Waals surface area (Å²) in [5, 5.41) is 1.38. The summed E-state index contributed by atoms with van der Waals surface area (Å²) in [6, 6.07) is 16.1. The van der Waals surface area contributed by atoms with E-state index in [9.17, 15) is 4.79 Å². The summed E-state index contributed by atoms with van der Waals surface area (Å²) in [4.78, 5) is 19.8. The number of piperazine rings is 1.